The Morgan fingerprint density at radius 2 is 1.81 bits per heavy atom. The molecule has 0 aromatic heterocycles. The molecule has 2 aliphatic rings. The summed E-state index contributed by atoms with van der Waals surface area (Å²) >= 11 is 0. The van der Waals surface area contributed by atoms with Gasteiger partial charge in [0.2, 0.25) is 0 Å². The molecular formula is C19H29NO. The largest absolute Gasteiger partial charge is 0.385 e. The molecule has 1 aliphatic carbocycles. The van der Waals surface area contributed by atoms with E-state index >= 15 is 0 Å². The zero-order valence-electron chi connectivity index (χ0n) is 13.4. The molecule has 2 heteroatoms. The molecule has 2 atom stereocenters. The second kappa shape index (κ2) is 6.50. The maximum absolute atomic E-state index is 11.4. The predicted molar refractivity (Wildman–Crippen MR) is 87.3 cm³/mol. The molecule has 2 unspecified atom stereocenters. The molecule has 0 radical (unpaired) electrons. The zero-order valence-corrected chi connectivity index (χ0v) is 13.4. The predicted octanol–water partition coefficient (Wildman–Crippen LogP) is 3.86. The molecule has 1 N–H and O–H groups in total. The summed E-state index contributed by atoms with van der Waals surface area (Å²) in [6, 6.07) is 8.41. The number of hydrogen-bond donors (Lipinski definition) is 1. The molecule has 1 saturated carbocycles. The van der Waals surface area contributed by atoms with Crippen LogP contribution in [0.5, 0.6) is 0 Å². The Hall–Kier alpha value is -0.860. The minimum absolute atomic E-state index is 0.400. The van der Waals surface area contributed by atoms with Crippen molar-refractivity contribution < 1.29 is 5.11 Å². The van der Waals surface area contributed by atoms with Crippen LogP contribution < -0.4 is 0 Å². The average molecular weight is 287 g/mol. The third-order valence-electron chi connectivity index (χ3n) is 5.57. The summed E-state index contributed by atoms with van der Waals surface area (Å²) in [7, 11) is 0. The Kier molecular flexibility index (Phi) is 4.66. The van der Waals surface area contributed by atoms with E-state index in [0.29, 0.717) is 5.92 Å². The highest BCUT2D eigenvalue weighted by Crippen LogP contribution is 2.45. The van der Waals surface area contributed by atoms with Crippen LogP contribution in [0.4, 0.5) is 0 Å². The number of aliphatic hydroxyl groups is 1. The van der Waals surface area contributed by atoms with E-state index in [1.54, 1.807) is 0 Å². The Morgan fingerprint density at radius 1 is 1.10 bits per heavy atom. The van der Waals surface area contributed by atoms with E-state index in [0.717, 1.165) is 19.4 Å². The second-order valence-corrected chi connectivity index (χ2v) is 7.04. The van der Waals surface area contributed by atoms with Crippen LogP contribution >= 0.6 is 0 Å². The lowest BCUT2D eigenvalue weighted by atomic mass is 9.81. The van der Waals surface area contributed by atoms with Gasteiger partial charge in [-0.2, -0.15) is 0 Å². The lowest BCUT2D eigenvalue weighted by Gasteiger charge is -2.35. The highest BCUT2D eigenvalue weighted by Gasteiger charge is 2.43. The normalized spacial score (nSPS) is 31.2. The van der Waals surface area contributed by atoms with Gasteiger partial charge >= 0.3 is 0 Å². The summed E-state index contributed by atoms with van der Waals surface area (Å²) in [6.07, 6.45) is 8.67. The molecule has 116 valence electrons. The van der Waals surface area contributed by atoms with E-state index in [9.17, 15) is 5.11 Å². The first-order chi connectivity index (χ1) is 10.2. The number of likely N-dealkylation sites (tertiary alicyclic amines) is 1. The van der Waals surface area contributed by atoms with E-state index < -0.39 is 5.60 Å². The fourth-order valence-electron chi connectivity index (χ4n) is 4.35. The third kappa shape index (κ3) is 3.17. The molecule has 2 nitrogen and oxygen atoms in total. The van der Waals surface area contributed by atoms with Crippen molar-refractivity contribution in [1.29, 1.82) is 0 Å². The van der Waals surface area contributed by atoms with E-state index in [4.69, 9.17) is 0 Å². The average Bonchev–Trinajstić information content (AvgIpc) is 2.69. The number of hydrogen-bond acceptors (Lipinski definition) is 2. The van der Waals surface area contributed by atoms with Crippen LogP contribution in [0.15, 0.2) is 24.3 Å². The van der Waals surface area contributed by atoms with Crippen molar-refractivity contribution in [3.8, 4) is 0 Å². The Balaban J connectivity index is 1.76. The van der Waals surface area contributed by atoms with Crippen LogP contribution in [0, 0.1) is 12.8 Å². The SMILES string of the molecule is Cc1ccccc1C1(O)CCCC1CN1CCCCCC1. The molecule has 21 heavy (non-hydrogen) atoms. The fraction of sp³-hybridized carbons (Fsp3) is 0.684. The molecular weight excluding hydrogens is 258 g/mol. The Bertz CT molecular complexity index is 464. The summed E-state index contributed by atoms with van der Waals surface area (Å²) in [4.78, 5) is 2.60. The van der Waals surface area contributed by atoms with Crippen LogP contribution in [0.1, 0.15) is 56.1 Å². The van der Waals surface area contributed by atoms with Gasteiger partial charge in [-0.3, -0.25) is 0 Å². The van der Waals surface area contributed by atoms with Gasteiger partial charge in [-0.1, -0.05) is 37.1 Å². The molecule has 3 rings (SSSR count). The maximum atomic E-state index is 11.4. The van der Waals surface area contributed by atoms with E-state index in [2.05, 4.69) is 36.1 Å². The zero-order chi connectivity index (χ0) is 14.7. The minimum atomic E-state index is -0.600. The summed E-state index contributed by atoms with van der Waals surface area (Å²) in [5, 5.41) is 11.4. The highest BCUT2D eigenvalue weighted by atomic mass is 16.3. The molecule has 0 amide bonds. The van der Waals surface area contributed by atoms with Gasteiger partial charge in [-0.15, -0.1) is 0 Å². The number of nitrogens with zero attached hydrogens (tertiary/aromatic N) is 1. The first kappa shape index (κ1) is 15.1. The summed E-state index contributed by atoms with van der Waals surface area (Å²) in [5.74, 6) is 0.400. The molecule has 0 spiro atoms. The van der Waals surface area contributed by atoms with Crippen LogP contribution in [-0.2, 0) is 5.60 Å². The van der Waals surface area contributed by atoms with E-state index in [1.165, 1.54) is 56.3 Å². The van der Waals surface area contributed by atoms with Crippen molar-refractivity contribution in [2.45, 2.75) is 57.5 Å². The summed E-state index contributed by atoms with van der Waals surface area (Å²) < 4.78 is 0. The molecule has 1 saturated heterocycles. The van der Waals surface area contributed by atoms with E-state index in [1.807, 2.05) is 0 Å². The van der Waals surface area contributed by atoms with Gasteiger partial charge in [0, 0.05) is 12.5 Å². The van der Waals surface area contributed by atoms with Crippen molar-refractivity contribution >= 4 is 0 Å². The maximum Gasteiger partial charge on any atom is 0.0939 e. The lowest BCUT2D eigenvalue weighted by Crippen LogP contribution is -2.40. The van der Waals surface area contributed by atoms with Crippen LogP contribution in [0.25, 0.3) is 0 Å². The monoisotopic (exact) mass is 287 g/mol. The minimum Gasteiger partial charge on any atom is -0.385 e. The van der Waals surface area contributed by atoms with Crippen LogP contribution in [0.2, 0.25) is 0 Å². The van der Waals surface area contributed by atoms with Crippen molar-refractivity contribution in [3.63, 3.8) is 0 Å². The smallest absolute Gasteiger partial charge is 0.0939 e. The first-order valence-corrected chi connectivity index (χ1v) is 8.71. The van der Waals surface area contributed by atoms with Gasteiger partial charge in [0.1, 0.15) is 0 Å². The molecule has 1 aromatic carbocycles. The molecule has 1 heterocycles. The van der Waals surface area contributed by atoms with Crippen molar-refractivity contribution in [3.05, 3.63) is 35.4 Å². The second-order valence-electron chi connectivity index (χ2n) is 7.04. The number of benzene rings is 1. The number of aryl methyl sites for hydroxylation is 1. The van der Waals surface area contributed by atoms with Crippen LogP contribution in [0.3, 0.4) is 0 Å². The molecule has 1 aliphatic heterocycles. The van der Waals surface area contributed by atoms with E-state index in [-0.39, 0.29) is 0 Å². The first-order valence-electron chi connectivity index (χ1n) is 8.71. The van der Waals surface area contributed by atoms with Gasteiger partial charge in [0.15, 0.2) is 0 Å². The lowest BCUT2D eigenvalue weighted by molar-refractivity contribution is -0.0160. The number of rotatable bonds is 3. The summed E-state index contributed by atoms with van der Waals surface area (Å²) in [5.41, 5.74) is 1.81. The molecule has 0 bridgehead atoms. The van der Waals surface area contributed by atoms with Crippen molar-refractivity contribution in [2.75, 3.05) is 19.6 Å². The van der Waals surface area contributed by atoms with Crippen LogP contribution in [-0.4, -0.2) is 29.6 Å². The quantitative estimate of drug-likeness (QED) is 0.912. The standard InChI is InChI=1S/C19H29NO/c1-16-9-4-5-11-18(16)19(21)12-8-10-17(19)15-20-13-6-2-3-7-14-20/h4-5,9,11,17,21H,2-3,6-8,10,12-15H2,1H3. The van der Waals surface area contributed by atoms with Gasteiger partial charge in [-0.25, -0.2) is 0 Å². The highest BCUT2D eigenvalue weighted by molar-refractivity contribution is 5.33. The third-order valence-corrected chi connectivity index (χ3v) is 5.57. The van der Waals surface area contributed by atoms with Gasteiger partial charge in [0.05, 0.1) is 5.60 Å². The Labute approximate surface area is 129 Å². The fourth-order valence-corrected chi connectivity index (χ4v) is 4.35. The van der Waals surface area contributed by atoms with Crippen molar-refractivity contribution in [2.24, 2.45) is 5.92 Å². The van der Waals surface area contributed by atoms with Gasteiger partial charge < -0.3 is 10.0 Å². The topological polar surface area (TPSA) is 23.5 Å². The Morgan fingerprint density at radius 3 is 2.52 bits per heavy atom. The summed E-state index contributed by atoms with van der Waals surface area (Å²) in [6.45, 7) is 5.65. The van der Waals surface area contributed by atoms with Gasteiger partial charge in [-0.05, 0) is 63.2 Å². The van der Waals surface area contributed by atoms with Crippen molar-refractivity contribution in [1.82, 2.24) is 4.90 Å². The van der Waals surface area contributed by atoms with Gasteiger partial charge in [0.25, 0.3) is 0 Å². The molecule has 1 aromatic rings. The molecule has 2 fully saturated rings.